The predicted octanol–water partition coefficient (Wildman–Crippen LogP) is 3.84. The number of hydrogen-bond donors (Lipinski definition) is 1. The van der Waals surface area contributed by atoms with Crippen LogP contribution in [-0.2, 0) is 0 Å². The average Bonchev–Trinajstić information content (AvgIpc) is 2.40. The van der Waals surface area contributed by atoms with Crippen molar-refractivity contribution in [2.24, 2.45) is 11.8 Å². The molecule has 2 rings (SSSR count). The molecule has 0 aliphatic heterocycles. The van der Waals surface area contributed by atoms with Crippen molar-refractivity contribution in [1.29, 1.82) is 0 Å². The van der Waals surface area contributed by atoms with E-state index in [0.717, 1.165) is 11.8 Å². The van der Waals surface area contributed by atoms with Gasteiger partial charge in [-0.05, 0) is 49.4 Å². The maximum atomic E-state index is 3.54. The van der Waals surface area contributed by atoms with Crippen molar-refractivity contribution in [2.45, 2.75) is 38.6 Å². The molecule has 3 atom stereocenters. The third-order valence-corrected chi connectivity index (χ3v) is 4.53. The monoisotopic (exact) mass is 260 g/mol. The molecule has 1 aromatic rings. The molecule has 1 saturated carbocycles. The van der Waals surface area contributed by atoms with Crippen molar-refractivity contribution in [3.8, 4) is 0 Å². The maximum absolute atomic E-state index is 3.54. The van der Waals surface area contributed by atoms with E-state index in [1.54, 1.807) is 0 Å². The molecular formula is C17H28N2. The Hall–Kier alpha value is -1.02. The summed E-state index contributed by atoms with van der Waals surface area (Å²) in [7, 11) is 6.28. The van der Waals surface area contributed by atoms with Gasteiger partial charge in [0.1, 0.15) is 0 Å². The minimum Gasteiger partial charge on any atom is -0.378 e. The van der Waals surface area contributed by atoms with Gasteiger partial charge in [-0.15, -0.1) is 0 Å². The fraction of sp³-hybridized carbons (Fsp3) is 0.647. The lowest BCUT2D eigenvalue weighted by molar-refractivity contribution is 0.230. The first-order chi connectivity index (χ1) is 9.11. The van der Waals surface area contributed by atoms with Gasteiger partial charge in [-0.1, -0.05) is 31.9 Å². The molecule has 2 heteroatoms. The van der Waals surface area contributed by atoms with Crippen molar-refractivity contribution in [3.63, 3.8) is 0 Å². The summed E-state index contributed by atoms with van der Waals surface area (Å²) in [6.45, 7) is 2.40. The second kappa shape index (κ2) is 6.42. The van der Waals surface area contributed by atoms with Crippen LogP contribution in [0.25, 0.3) is 0 Å². The number of anilines is 1. The Kier molecular flexibility index (Phi) is 4.87. The fourth-order valence-electron chi connectivity index (χ4n) is 3.44. The third kappa shape index (κ3) is 3.50. The number of nitrogens with zero attached hydrogens (tertiary/aromatic N) is 1. The van der Waals surface area contributed by atoms with Gasteiger partial charge in [0.25, 0.3) is 0 Å². The summed E-state index contributed by atoms with van der Waals surface area (Å²) in [4.78, 5) is 2.15. The molecule has 1 aliphatic rings. The van der Waals surface area contributed by atoms with Gasteiger partial charge in [-0.3, -0.25) is 0 Å². The van der Waals surface area contributed by atoms with Crippen LogP contribution < -0.4 is 10.2 Å². The van der Waals surface area contributed by atoms with E-state index >= 15 is 0 Å². The standard InChI is InChI=1S/C17H28N2/c1-13-6-5-7-15(12-13)17(18-2)14-8-10-16(11-9-14)19(3)4/h8-11,13,15,17-18H,5-7,12H2,1-4H3. The van der Waals surface area contributed by atoms with Gasteiger partial charge in [0.05, 0.1) is 0 Å². The molecule has 0 aromatic heterocycles. The summed E-state index contributed by atoms with van der Waals surface area (Å²) in [5.41, 5.74) is 2.71. The summed E-state index contributed by atoms with van der Waals surface area (Å²) < 4.78 is 0. The highest BCUT2D eigenvalue weighted by molar-refractivity contribution is 5.46. The largest absolute Gasteiger partial charge is 0.378 e. The first-order valence-corrected chi connectivity index (χ1v) is 7.56. The van der Waals surface area contributed by atoms with Gasteiger partial charge < -0.3 is 10.2 Å². The van der Waals surface area contributed by atoms with Gasteiger partial charge in [0.15, 0.2) is 0 Å². The second-order valence-electron chi connectivity index (χ2n) is 6.28. The van der Waals surface area contributed by atoms with Gasteiger partial charge >= 0.3 is 0 Å². The zero-order valence-corrected chi connectivity index (χ0v) is 12.8. The predicted molar refractivity (Wildman–Crippen MR) is 83.7 cm³/mol. The van der Waals surface area contributed by atoms with Crippen molar-refractivity contribution in [1.82, 2.24) is 5.32 Å². The summed E-state index contributed by atoms with van der Waals surface area (Å²) >= 11 is 0. The second-order valence-corrected chi connectivity index (χ2v) is 6.28. The minimum atomic E-state index is 0.513. The summed E-state index contributed by atoms with van der Waals surface area (Å²) in [5.74, 6) is 1.68. The van der Waals surface area contributed by atoms with Crippen LogP contribution in [-0.4, -0.2) is 21.1 Å². The van der Waals surface area contributed by atoms with Gasteiger partial charge in [-0.2, -0.15) is 0 Å². The molecule has 2 nitrogen and oxygen atoms in total. The lowest BCUT2D eigenvalue weighted by Gasteiger charge is -2.33. The van der Waals surface area contributed by atoms with Crippen LogP contribution in [0.15, 0.2) is 24.3 Å². The van der Waals surface area contributed by atoms with E-state index in [-0.39, 0.29) is 0 Å². The molecular weight excluding hydrogens is 232 g/mol. The van der Waals surface area contributed by atoms with E-state index in [1.807, 2.05) is 0 Å². The van der Waals surface area contributed by atoms with E-state index < -0.39 is 0 Å². The zero-order chi connectivity index (χ0) is 13.8. The minimum absolute atomic E-state index is 0.513. The molecule has 0 heterocycles. The molecule has 106 valence electrons. The SMILES string of the molecule is CNC(c1ccc(N(C)C)cc1)C1CCCC(C)C1. The number of benzene rings is 1. The molecule has 0 radical (unpaired) electrons. The van der Waals surface area contributed by atoms with E-state index in [9.17, 15) is 0 Å². The van der Waals surface area contributed by atoms with Gasteiger partial charge in [0.2, 0.25) is 0 Å². The highest BCUT2D eigenvalue weighted by Gasteiger charge is 2.26. The summed E-state index contributed by atoms with van der Waals surface area (Å²) in [5, 5.41) is 3.54. The highest BCUT2D eigenvalue weighted by Crippen LogP contribution is 2.37. The van der Waals surface area contributed by atoms with E-state index in [2.05, 4.69) is 62.5 Å². The Morgan fingerprint density at radius 1 is 1.16 bits per heavy atom. The third-order valence-electron chi connectivity index (χ3n) is 4.53. The molecule has 19 heavy (non-hydrogen) atoms. The molecule has 0 bridgehead atoms. The lowest BCUT2D eigenvalue weighted by Crippen LogP contribution is -2.29. The Bertz CT molecular complexity index is 383. The number of nitrogens with one attached hydrogen (secondary N) is 1. The van der Waals surface area contributed by atoms with Crippen LogP contribution in [0.1, 0.15) is 44.2 Å². The Morgan fingerprint density at radius 2 is 1.84 bits per heavy atom. The van der Waals surface area contributed by atoms with E-state index in [4.69, 9.17) is 0 Å². The topological polar surface area (TPSA) is 15.3 Å². The van der Waals surface area contributed by atoms with Crippen molar-refractivity contribution < 1.29 is 0 Å². The summed E-state index contributed by atoms with van der Waals surface area (Å²) in [6.07, 6.45) is 5.53. The van der Waals surface area contributed by atoms with Crippen LogP contribution >= 0.6 is 0 Å². The fourth-order valence-corrected chi connectivity index (χ4v) is 3.44. The van der Waals surface area contributed by atoms with Crippen LogP contribution in [0.4, 0.5) is 5.69 Å². The molecule has 1 N–H and O–H groups in total. The first-order valence-electron chi connectivity index (χ1n) is 7.56. The van der Waals surface area contributed by atoms with Gasteiger partial charge in [-0.25, -0.2) is 0 Å². The van der Waals surface area contributed by atoms with E-state index in [1.165, 1.54) is 36.9 Å². The Balaban J connectivity index is 2.12. The normalized spacial score (nSPS) is 25.1. The lowest BCUT2D eigenvalue weighted by atomic mass is 9.77. The van der Waals surface area contributed by atoms with Crippen LogP contribution in [0.2, 0.25) is 0 Å². The molecule has 1 aliphatic carbocycles. The smallest absolute Gasteiger partial charge is 0.0361 e. The molecule has 0 amide bonds. The molecule has 1 fully saturated rings. The first kappa shape index (κ1) is 14.4. The molecule has 1 aromatic carbocycles. The zero-order valence-electron chi connectivity index (χ0n) is 12.8. The average molecular weight is 260 g/mol. The molecule has 0 saturated heterocycles. The highest BCUT2D eigenvalue weighted by atomic mass is 15.1. The van der Waals surface area contributed by atoms with Gasteiger partial charge in [0, 0.05) is 25.8 Å². The summed E-state index contributed by atoms with van der Waals surface area (Å²) in [6, 6.07) is 9.54. The van der Waals surface area contributed by atoms with Crippen molar-refractivity contribution in [2.75, 3.05) is 26.0 Å². The number of hydrogen-bond acceptors (Lipinski definition) is 2. The molecule has 0 spiro atoms. The van der Waals surface area contributed by atoms with Crippen molar-refractivity contribution >= 4 is 5.69 Å². The molecule has 3 unspecified atom stereocenters. The van der Waals surface area contributed by atoms with Crippen molar-refractivity contribution in [3.05, 3.63) is 29.8 Å². The Labute approximate surface area is 118 Å². The van der Waals surface area contributed by atoms with Crippen LogP contribution in [0, 0.1) is 11.8 Å². The van der Waals surface area contributed by atoms with Crippen LogP contribution in [0.5, 0.6) is 0 Å². The van der Waals surface area contributed by atoms with E-state index in [0.29, 0.717) is 6.04 Å². The Morgan fingerprint density at radius 3 is 2.37 bits per heavy atom. The maximum Gasteiger partial charge on any atom is 0.0361 e. The quantitative estimate of drug-likeness (QED) is 0.885. The van der Waals surface area contributed by atoms with Crippen LogP contribution in [0.3, 0.4) is 0 Å². The number of rotatable bonds is 4.